The van der Waals surface area contributed by atoms with Gasteiger partial charge in [0.15, 0.2) is 0 Å². The average Bonchev–Trinajstić information content (AvgIpc) is 2.20. The fourth-order valence-corrected chi connectivity index (χ4v) is 1.93. The van der Waals surface area contributed by atoms with Crippen molar-refractivity contribution in [2.24, 2.45) is 0 Å². The second-order valence-electron chi connectivity index (χ2n) is 4.04. The molecule has 1 atom stereocenters. The Hall–Kier alpha value is -1.30. The number of hydrogen-bond acceptors (Lipinski definition) is 0. The van der Waals surface area contributed by atoms with Crippen LogP contribution in [0.3, 0.4) is 0 Å². The monoisotopic (exact) mass is 184 g/mol. The third-order valence-electron chi connectivity index (χ3n) is 2.90. The van der Waals surface area contributed by atoms with Gasteiger partial charge < -0.3 is 0 Å². The van der Waals surface area contributed by atoms with Crippen molar-refractivity contribution in [3.63, 3.8) is 0 Å². The molecule has 0 fully saturated rings. The highest BCUT2D eigenvalue weighted by molar-refractivity contribution is 5.34. The molecule has 0 nitrogen and oxygen atoms in total. The van der Waals surface area contributed by atoms with E-state index in [-0.39, 0.29) is 0 Å². The molecule has 1 unspecified atom stereocenters. The highest BCUT2D eigenvalue weighted by atomic mass is 14.2. The summed E-state index contributed by atoms with van der Waals surface area (Å²) in [7, 11) is 0. The molecule has 14 heavy (non-hydrogen) atoms. The van der Waals surface area contributed by atoms with Gasteiger partial charge in [-0.3, -0.25) is 0 Å². The van der Waals surface area contributed by atoms with E-state index in [9.17, 15) is 0 Å². The van der Waals surface area contributed by atoms with Gasteiger partial charge in [0.1, 0.15) is 0 Å². The molecule has 0 heteroatoms. The first-order valence-electron chi connectivity index (χ1n) is 5.17. The maximum Gasteiger partial charge on any atom is 0.00831 e. The summed E-state index contributed by atoms with van der Waals surface area (Å²) in [5.74, 6) is 0.598. The molecule has 0 heterocycles. The summed E-state index contributed by atoms with van der Waals surface area (Å²) in [4.78, 5) is 0. The molecule has 0 amide bonds. The Bertz CT molecular complexity index is 366. The Morgan fingerprint density at radius 1 is 1.07 bits per heavy atom. The summed E-state index contributed by atoms with van der Waals surface area (Å²) >= 11 is 0. The molecule has 2 rings (SSSR count). The van der Waals surface area contributed by atoms with E-state index in [0.717, 1.165) is 6.42 Å². The van der Waals surface area contributed by atoms with Gasteiger partial charge in [0, 0.05) is 5.92 Å². The molecular formula is C14H16. The standard InChI is InChI=1S/C14H16/c1-11-7-9-13(10-8-11)14-6-4-3-5-12(14)2/h3-5,7-10,14H,6H2,1-2H3. The van der Waals surface area contributed by atoms with Crippen LogP contribution in [0.25, 0.3) is 0 Å². The predicted molar refractivity (Wildman–Crippen MR) is 61.4 cm³/mol. The van der Waals surface area contributed by atoms with E-state index in [4.69, 9.17) is 0 Å². The lowest BCUT2D eigenvalue weighted by Gasteiger charge is -2.19. The van der Waals surface area contributed by atoms with Gasteiger partial charge in [-0.05, 0) is 25.8 Å². The first-order chi connectivity index (χ1) is 6.77. The zero-order chi connectivity index (χ0) is 9.97. The smallest absolute Gasteiger partial charge is 0.00831 e. The van der Waals surface area contributed by atoms with Crippen LogP contribution in [0.5, 0.6) is 0 Å². The summed E-state index contributed by atoms with van der Waals surface area (Å²) in [6.07, 6.45) is 7.76. The van der Waals surface area contributed by atoms with Crippen LogP contribution in [0.15, 0.2) is 48.1 Å². The minimum Gasteiger partial charge on any atom is -0.0836 e. The van der Waals surface area contributed by atoms with Crippen molar-refractivity contribution in [1.82, 2.24) is 0 Å². The van der Waals surface area contributed by atoms with Crippen LogP contribution in [0, 0.1) is 6.92 Å². The highest BCUT2D eigenvalue weighted by Crippen LogP contribution is 2.30. The van der Waals surface area contributed by atoms with Crippen LogP contribution in [0.4, 0.5) is 0 Å². The minimum absolute atomic E-state index is 0.598. The predicted octanol–water partition coefficient (Wildman–Crippen LogP) is 3.98. The van der Waals surface area contributed by atoms with Gasteiger partial charge in [0.25, 0.3) is 0 Å². The van der Waals surface area contributed by atoms with Gasteiger partial charge in [-0.2, -0.15) is 0 Å². The lowest BCUT2D eigenvalue weighted by atomic mass is 9.86. The van der Waals surface area contributed by atoms with E-state index in [1.54, 1.807) is 0 Å². The zero-order valence-electron chi connectivity index (χ0n) is 8.83. The lowest BCUT2D eigenvalue weighted by Crippen LogP contribution is -2.01. The molecule has 1 aliphatic carbocycles. The Labute approximate surface area is 86.0 Å². The van der Waals surface area contributed by atoms with E-state index in [1.165, 1.54) is 16.7 Å². The first kappa shape index (κ1) is 9.26. The lowest BCUT2D eigenvalue weighted by molar-refractivity contribution is 0.797. The molecule has 0 spiro atoms. The SMILES string of the molecule is CC1=CC=CCC1c1ccc(C)cc1. The highest BCUT2D eigenvalue weighted by Gasteiger charge is 2.13. The van der Waals surface area contributed by atoms with Crippen molar-refractivity contribution in [3.8, 4) is 0 Å². The van der Waals surface area contributed by atoms with Crippen LogP contribution in [0.1, 0.15) is 30.4 Å². The number of benzene rings is 1. The molecule has 0 saturated carbocycles. The molecule has 0 bridgehead atoms. The Kier molecular flexibility index (Phi) is 2.53. The summed E-state index contributed by atoms with van der Waals surface area (Å²) in [5.41, 5.74) is 4.24. The van der Waals surface area contributed by atoms with Crippen molar-refractivity contribution in [2.45, 2.75) is 26.2 Å². The van der Waals surface area contributed by atoms with Crippen molar-refractivity contribution in [3.05, 3.63) is 59.2 Å². The maximum absolute atomic E-state index is 2.25. The van der Waals surface area contributed by atoms with Crippen molar-refractivity contribution in [2.75, 3.05) is 0 Å². The summed E-state index contributed by atoms with van der Waals surface area (Å²) in [6.45, 7) is 4.35. The van der Waals surface area contributed by atoms with E-state index in [2.05, 4.69) is 56.3 Å². The van der Waals surface area contributed by atoms with Crippen LogP contribution in [-0.2, 0) is 0 Å². The van der Waals surface area contributed by atoms with Crippen LogP contribution in [-0.4, -0.2) is 0 Å². The number of hydrogen-bond donors (Lipinski definition) is 0. The molecule has 0 N–H and O–H groups in total. The largest absolute Gasteiger partial charge is 0.0836 e. The quantitative estimate of drug-likeness (QED) is 0.619. The van der Waals surface area contributed by atoms with Crippen molar-refractivity contribution in [1.29, 1.82) is 0 Å². The van der Waals surface area contributed by atoms with Gasteiger partial charge in [0.2, 0.25) is 0 Å². The molecule has 72 valence electrons. The fraction of sp³-hybridized carbons (Fsp3) is 0.286. The van der Waals surface area contributed by atoms with E-state index < -0.39 is 0 Å². The summed E-state index contributed by atoms with van der Waals surface area (Å²) < 4.78 is 0. The first-order valence-corrected chi connectivity index (χ1v) is 5.17. The average molecular weight is 184 g/mol. The molecular weight excluding hydrogens is 168 g/mol. The van der Waals surface area contributed by atoms with E-state index in [1.807, 2.05) is 0 Å². The molecule has 0 aliphatic heterocycles. The zero-order valence-corrected chi connectivity index (χ0v) is 8.83. The van der Waals surface area contributed by atoms with Gasteiger partial charge in [-0.15, -0.1) is 0 Å². The van der Waals surface area contributed by atoms with E-state index in [0.29, 0.717) is 5.92 Å². The second kappa shape index (κ2) is 3.83. The van der Waals surface area contributed by atoms with Gasteiger partial charge in [0.05, 0.1) is 0 Å². The Morgan fingerprint density at radius 3 is 2.43 bits per heavy atom. The number of rotatable bonds is 1. The summed E-state index contributed by atoms with van der Waals surface area (Å²) in [6, 6.07) is 8.88. The molecule has 1 aromatic rings. The molecule has 0 saturated heterocycles. The van der Waals surface area contributed by atoms with Gasteiger partial charge in [-0.1, -0.05) is 53.6 Å². The van der Waals surface area contributed by atoms with Crippen molar-refractivity contribution >= 4 is 0 Å². The van der Waals surface area contributed by atoms with Gasteiger partial charge in [-0.25, -0.2) is 0 Å². The van der Waals surface area contributed by atoms with Crippen LogP contribution in [0.2, 0.25) is 0 Å². The summed E-state index contributed by atoms with van der Waals surface area (Å²) in [5, 5.41) is 0. The fourth-order valence-electron chi connectivity index (χ4n) is 1.93. The molecule has 0 radical (unpaired) electrons. The Balaban J connectivity index is 2.27. The minimum atomic E-state index is 0.598. The maximum atomic E-state index is 2.25. The topological polar surface area (TPSA) is 0 Å². The van der Waals surface area contributed by atoms with Gasteiger partial charge >= 0.3 is 0 Å². The Morgan fingerprint density at radius 2 is 1.79 bits per heavy atom. The van der Waals surface area contributed by atoms with E-state index >= 15 is 0 Å². The second-order valence-corrected chi connectivity index (χ2v) is 4.04. The van der Waals surface area contributed by atoms with Crippen LogP contribution >= 0.6 is 0 Å². The molecule has 0 aromatic heterocycles. The van der Waals surface area contributed by atoms with Crippen molar-refractivity contribution < 1.29 is 0 Å². The van der Waals surface area contributed by atoms with Crippen LogP contribution < -0.4 is 0 Å². The normalized spacial score (nSPS) is 20.7. The molecule has 1 aliphatic rings. The third-order valence-corrected chi connectivity index (χ3v) is 2.90. The third kappa shape index (κ3) is 1.79. The molecule has 1 aromatic carbocycles. The number of aryl methyl sites for hydroxylation is 1. The number of allylic oxidation sites excluding steroid dienone is 4.